The van der Waals surface area contributed by atoms with Crippen molar-refractivity contribution in [2.45, 2.75) is 25.7 Å². The fourth-order valence-corrected chi connectivity index (χ4v) is 2.65. The number of pyridine rings is 1. The molecule has 2 aromatic heterocycles. The normalized spacial score (nSPS) is 18.8. The Hall–Kier alpha value is -1.16. The lowest BCUT2D eigenvalue weighted by atomic mass is 10.1. The molecule has 2 aromatic rings. The van der Waals surface area contributed by atoms with Crippen LogP contribution >= 0.6 is 15.9 Å². The van der Waals surface area contributed by atoms with Gasteiger partial charge in [0.25, 0.3) is 0 Å². The van der Waals surface area contributed by atoms with Crippen molar-refractivity contribution in [2.75, 3.05) is 0 Å². The number of halogens is 1. The molecule has 0 bridgehead atoms. The SMILES string of the molecule is CC1CCc2cnn(-c3cccc(Br)n3)c21. The zero-order valence-corrected chi connectivity index (χ0v) is 10.6. The summed E-state index contributed by atoms with van der Waals surface area (Å²) < 4.78 is 2.82. The van der Waals surface area contributed by atoms with E-state index in [1.54, 1.807) is 0 Å². The molecule has 82 valence electrons. The van der Waals surface area contributed by atoms with E-state index in [0.29, 0.717) is 5.92 Å². The van der Waals surface area contributed by atoms with E-state index in [9.17, 15) is 0 Å². The van der Waals surface area contributed by atoms with E-state index in [0.717, 1.165) is 16.8 Å². The van der Waals surface area contributed by atoms with Gasteiger partial charge in [0.15, 0.2) is 5.82 Å². The molecule has 0 amide bonds. The van der Waals surface area contributed by atoms with Crippen molar-refractivity contribution >= 4 is 15.9 Å². The smallest absolute Gasteiger partial charge is 0.154 e. The molecule has 1 aliphatic rings. The van der Waals surface area contributed by atoms with Crippen molar-refractivity contribution in [1.29, 1.82) is 0 Å². The lowest BCUT2D eigenvalue weighted by molar-refractivity contribution is 0.671. The molecule has 0 spiro atoms. The number of hydrogen-bond donors (Lipinski definition) is 0. The first kappa shape index (κ1) is 10.0. The van der Waals surface area contributed by atoms with Crippen LogP contribution in [-0.2, 0) is 6.42 Å². The van der Waals surface area contributed by atoms with Gasteiger partial charge >= 0.3 is 0 Å². The largest absolute Gasteiger partial charge is 0.222 e. The Bertz CT molecular complexity index is 533. The lowest BCUT2D eigenvalue weighted by Gasteiger charge is -2.08. The van der Waals surface area contributed by atoms with Crippen LogP contribution in [-0.4, -0.2) is 14.8 Å². The summed E-state index contributed by atoms with van der Waals surface area (Å²) in [6.45, 7) is 2.25. The Morgan fingerprint density at radius 1 is 1.44 bits per heavy atom. The summed E-state index contributed by atoms with van der Waals surface area (Å²) in [4.78, 5) is 4.44. The molecular formula is C12H12BrN3. The van der Waals surface area contributed by atoms with Crippen LogP contribution < -0.4 is 0 Å². The predicted octanol–water partition coefficient (Wildman–Crippen LogP) is 3.08. The standard InChI is InChI=1S/C12H12BrN3/c1-8-5-6-9-7-14-16(12(8)9)11-4-2-3-10(13)15-11/h2-4,7-8H,5-6H2,1H3. The predicted molar refractivity (Wildman–Crippen MR) is 65.8 cm³/mol. The Kier molecular flexibility index (Phi) is 2.32. The number of aryl methyl sites for hydroxylation is 1. The minimum absolute atomic E-state index is 0.582. The molecule has 0 aromatic carbocycles. The van der Waals surface area contributed by atoms with Crippen molar-refractivity contribution in [3.63, 3.8) is 0 Å². The maximum Gasteiger partial charge on any atom is 0.154 e. The van der Waals surface area contributed by atoms with Crippen LogP contribution in [0.1, 0.15) is 30.5 Å². The first-order valence-electron chi connectivity index (χ1n) is 5.45. The zero-order valence-electron chi connectivity index (χ0n) is 9.02. The highest BCUT2D eigenvalue weighted by atomic mass is 79.9. The Morgan fingerprint density at radius 3 is 3.12 bits per heavy atom. The number of hydrogen-bond acceptors (Lipinski definition) is 2. The van der Waals surface area contributed by atoms with Gasteiger partial charge < -0.3 is 0 Å². The summed E-state index contributed by atoms with van der Waals surface area (Å²) in [6.07, 6.45) is 4.34. The number of aromatic nitrogens is 3. The van der Waals surface area contributed by atoms with E-state index < -0.39 is 0 Å². The van der Waals surface area contributed by atoms with E-state index in [1.165, 1.54) is 17.7 Å². The lowest BCUT2D eigenvalue weighted by Crippen LogP contribution is -2.05. The minimum atomic E-state index is 0.582. The van der Waals surface area contributed by atoms with Crippen LogP contribution in [0.4, 0.5) is 0 Å². The van der Waals surface area contributed by atoms with Gasteiger partial charge in [-0.25, -0.2) is 9.67 Å². The Labute approximate surface area is 103 Å². The van der Waals surface area contributed by atoms with E-state index in [1.807, 2.05) is 29.1 Å². The molecule has 3 rings (SSSR count). The maximum atomic E-state index is 4.44. The third-order valence-electron chi connectivity index (χ3n) is 3.12. The fourth-order valence-electron chi connectivity index (χ4n) is 2.32. The summed E-state index contributed by atoms with van der Waals surface area (Å²) in [7, 11) is 0. The molecule has 0 saturated carbocycles. The van der Waals surface area contributed by atoms with Crippen LogP contribution in [0, 0.1) is 0 Å². The molecule has 1 atom stereocenters. The van der Waals surface area contributed by atoms with Gasteiger partial charge in [-0.15, -0.1) is 0 Å². The van der Waals surface area contributed by atoms with Gasteiger partial charge in [-0.3, -0.25) is 0 Å². The minimum Gasteiger partial charge on any atom is -0.222 e. The van der Waals surface area contributed by atoms with Crippen LogP contribution in [0.25, 0.3) is 5.82 Å². The maximum absolute atomic E-state index is 4.44. The topological polar surface area (TPSA) is 30.7 Å². The van der Waals surface area contributed by atoms with E-state index in [4.69, 9.17) is 0 Å². The summed E-state index contributed by atoms with van der Waals surface area (Å²) in [5.74, 6) is 1.47. The van der Waals surface area contributed by atoms with Crippen LogP contribution in [0.5, 0.6) is 0 Å². The van der Waals surface area contributed by atoms with Crippen molar-refractivity contribution < 1.29 is 0 Å². The second-order valence-corrected chi connectivity index (χ2v) is 5.04. The van der Waals surface area contributed by atoms with Gasteiger partial charge in [0.05, 0.1) is 11.9 Å². The van der Waals surface area contributed by atoms with Gasteiger partial charge in [0.2, 0.25) is 0 Å². The monoisotopic (exact) mass is 277 g/mol. The number of fused-ring (bicyclic) bond motifs is 1. The second kappa shape index (κ2) is 3.70. The van der Waals surface area contributed by atoms with Gasteiger partial charge in [0.1, 0.15) is 4.60 Å². The molecule has 0 radical (unpaired) electrons. The molecule has 0 N–H and O–H groups in total. The first-order valence-corrected chi connectivity index (χ1v) is 6.25. The van der Waals surface area contributed by atoms with Gasteiger partial charge in [0, 0.05) is 0 Å². The molecule has 4 heteroatoms. The molecule has 3 nitrogen and oxygen atoms in total. The molecule has 0 saturated heterocycles. The molecule has 2 heterocycles. The average Bonchev–Trinajstić information content (AvgIpc) is 2.82. The number of nitrogens with zero attached hydrogens (tertiary/aromatic N) is 3. The molecule has 0 fully saturated rings. The highest BCUT2D eigenvalue weighted by Gasteiger charge is 2.24. The van der Waals surface area contributed by atoms with Crippen LogP contribution in [0.2, 0.25) is 0 Å². The molecule has 0 aliphatic heterocycles. The van der Waals surface area contributed by atoms with E-state index >= 15 is 0 Å². The van der Waals surface area contributed by atoms with Gasteiger partial charge in [-0.1, -0.05) is 13.0 Å². The van der Waals surface area contributed by atoms with Gasteiger partial charge in [-0.2, -0.15) is 5.10 Å². The van der Waals surface area contributed by atoms with E-state index in [-0.39, 0.29) is 0 Å². The first-order chi connectivity index (χ1) is 7.75. The Balaban J connectivity index is 2.14. The van der Waals surface area contributed by atoms with Crippen LogP contribution in [0.15, 0.2) is 29.0 Å². The molecule has 16 heavy (non-hydrogen) atoms. The van der Waals surface area contributed by atoms with Crippen molar-refractivity contribution in [1.82, 2.24) is 14.8 Å². The third kappa shape index (κ3) is 1.48. The van der Waals surface area contributed by atoms with E-state index in [2.05, 4.69) is 32.9 Å². The summed E-state index contributed by atoms with van der Waals surface area (Å²) in [5.41, 5.74) is 2.69. The van der Waals surface area contributed by atoms with Crippen LogP contribution in [0.3, 0.4) is 0 Å². The molecule has 1 unspecified atom stereocenters. The van der Waals surface area contributed by atoms with Gasteiger partial charge in [-0.05, 0) is 52.4 Å². The third-order valence-corrected chi connectivity index (χ3v) is 3.56. The number of rotatable bonds is 1. The highest BCUT2D eigenvalue weighted by Crippen LogP contribution is 2.33. The Morgan fingerprint density at radius 2 is 2.31 bits per heavy atom. The van der Waals surface area contributed by atoms with Crippen molar-refractivity contribution in [3.05, 3.63) is 40.3 Å². The highest BCUT2D eigenvalue weighted by molar-refractivity contribution is 9.10. The van der Waals surface area contributed by atoms with Crippen molar-refractivity contribution in [3.8, 4) is 5.82 Å². The summed E-state index contributed by atoms with van der Waals surface area (Å²) in [6, 6.07) is 5.90. The second-order valence-electron chi connectivity index (χ2n) is 4.23. The summed E-state index contributed by atoms with van der Waals surface area (Å²) in [5, 5.41) is 4.43. The molecule has 1 aliphatic carbocycles. The summed E-state index contributed by atoms with van der Waals surface area (Å²) >= 11 is 3.39. The quantitative estimate of drug-likeness (QED) is 0.750. The molecular weight excluding hydrogens is 266 g/mol. The fraction of sp³-hybridized carbons (Fsp3) is 0.333. The average molecular weight is 278 g/mol. The van der Waals surface area contributed by atoms with Crippen molar-refractivity contribution in [2.24, 2.45) is 0 Å². The zero-order chi connectivity index (χ0) is 11.1.